The van der Waals surface area contributed by atoms with Crippen LogP contribution < -0.4 is 0 Å². The zero-order valence-corrected chi connectivity index (χ0v) is 14.5. The zero-order valence-electron chi connectivity index (χ0n) is 13.7. The van der Waals surface area contributed by atoms with E-state index >= 15 is 0 Å². The monoisotopic (exact) mass is 324 g/mol. The molecule has 0 aromatic carbocycles. The van der Waals surface area contributed by atoms with E-state index in [0.717, 1.165) is 24.9 Å². The number of ether oxygens (including phenoxy) is 1. The van der Waals surface area contributed by atoms with E-state index in [1.807, 2.05) is 42.5 Å². The van der Waals surface area contributed by atoms with E-state index < -0.39 is 5.60 Å². The van der Waals surface area contributed by atoms with Crippen molar-refractivity contribution in [1.29, 1.82) is 0 Å². The van der Waals surface area contributed by atoms with Gasteiger partial charge in [0.05, 0.1) is 11.6 Å². The van der Waals surface area contributed by atoms with Crippen LogP contribution in [0, 0.1) is 0 Å². The number of likely N-dealkylation sites (tertiary alicyclic amines) is 1. The molecule has 2 amide bonds. The summed E-state index contributed by atoms with van der Waals surface area (Å²) in [6.45, 7) is 6.86. The lowest BCUT2D eigenvalue weighted by Gasteiger charge is -2.38. The summed E-state index contributed by atoms with van der Waals surface area (Å²) in [7, 11) is 1.75. The van der Waals surface area contributed by atoms with Gasteiger partial charge in [0, 0.05) is 25.5 Å². The molecule has 6 heteroatoms. The SMILES string of the molecule is CN(C(=O)OC(C)(C)C)[C@@H]1CCCN(C(=O)c2ccsc2)C1. The van der Waals surface area contributed by atoms with E-state index in [1.54, 1.807) is 11.9 Å². The van der Waals surface area contributed by atoms with Gasteiger partial charge in [0.2, 0.25) is 0 Å². The van der Waals surface area contributed by atoms with Crippen molar-refractivity contribution in [2.75, 3.05) is 20.1 Å². The molecule has 2 heterocycles. The minimum absolute atomic E-state index is 0.00573. The number of likely N-dealkylation sites (N-methyl/N-ethyl adjacent to an activating group) is 1. The molecule has 122 valence electrons. The second kappa shape index (κ2) is 6.69. The maximum absolute atomic E-state index is 12.4. The van der Waals surface area contributed by atoms with Crippen LogP contribution >= 0.6 is 11.3 Å². The lowest BCUT2D eigenvalue weighted by molar-refractivity contribution is 0.0131. The van der Waals surface area contributed by atoms with E-state index in [0.29, 0.717) is 6.54 Å². The fraction of sp³-hybridized carbons (Fsp3) is 0.625. The summed E-state index contributed by atoms with van der Waals surface area (Å²) in [5.74, 6) is 0.0449. The molecule has 0 spiro atoms. The molecule has 0 radical (unpaired) electrons. The second-order valence-corrected chi connectivity index (χ2v) is 7.43. The summed E-state index contributed by atoms with van der Waals surface area (Å²) in [6, 6.07) is 1.85. The molecule has 1 atom stereocenters. The van der Waals surface area contributed by atoms with Gasteiger partial charge in [-0.1, -0.05) is 0 Å². The van der Waals surface area contributed by atoms with Crippen molar-refractivity contribution in [2.24, 2.45) is 0 Å². The van der Waals surface area contributed by atoms with Crippen LogP contribution in [-0.2, 0) is 4.74 Å². The topological polar surface area (TPSA) is 49.9 Å². The summed E-state index contributed by atoms with van der Waals surface area (Å²) in [4.78, 5) is 28.0. The Morgan fingerprint density at radius 1 is 1.41 bits per heavy atom. The Morgan fingerprint density at radius 3 is 2.73 bits per heavy atom. The molecule has 0 aliphatic carbocycles. The van der Waals surface area contributed by atoms with Gasteiger partial charge in [0.15, 0.2) is 0 Å². The third-order valence-corrected chi connectivity index (χ3v) is 4.36. The molecule has 2 rings (SSSR count). The van der Waals surface area contributed by atoms with Crippen molar-refractivity contribution in [3.63, 3.8) is 0 Å². The van der Waals surface area contributed by atoms with Crippen LogP contribution in [0.2, 0.25) is 0 Å². The highest BCUT2D eigenvalue weighted by Gasteiger charge is 2.31. The van der Waals surface area contributed by atoms with Crippen molar-refractivity contribution in [3.8, 4) is 0 Å². The van der Waals surface area contributed by atoms with Crippen LogP contribution in [-0.4, -0.2) is 53.6 Å². The number of nitrogens with zero attached hydrogens (tertiary/aromatic N) is 2. The predicted molar refractivity (Wildman–Crippen MR) is 87.2 cm³/mol. The van der Waals surface area contributed by atoms with Gasteiger partial charge in [-0.2, -0.15) is 11.3 Å². The Kier molecular flexibility index (Phi) is 5.11. The summed E-state index contributed by atoms with van der Waals surface area (Å²) < 4.78 is 5.41. The van der Waals surface area contributed by atoms with Gasteiger partial charge in [0.1, 0.15) is 5.60 Å². The van der Waals surface area contributed by atoms with Crippen LogP contribution in [0.25, 0.3) is 0 Å². The Hall–Kier alpha value is -1.56. The van der Waals surface area contributed by atoms with E-state index in [1.165, 1.54) is 11.3 Å². The van der Waals surface area contributed by atoms with Crippen LogP contribution in [0.3, 0.4) is 0 Å². The molecular weight excluding hydrogens is 300 g/mol. The lowest BCUT2D eigenvalue weighted by Crippen LogP contribution is -2.51. The maximum Gasteiger partial charge on any atom is 0.410 e. The van der Waals surface area contributed by atoms with E-state index in [2.05, 4.69) is 0 Å². The molecule has 0 N–H and O–H groups in total. The van der Waals surface area contributed by atoms with Crippen molar-refractivity contribution in [2.45, 2.75) is 45.3 Å². The standard InChI is InChI=1S/C16H24N2O3S/c1-16(2,3)21-15(20)17(4)13-6-5-8-18(10-13)14(19)12-7-9-22-11-12/h7,9,11,13H,5-6,8,10H2,1-4H3/t13-/m1/s1. The lowest BCUT2D eigenvalue weighted by atomic mass is 10.0. The Bertz CT molecular complexity index is 522. The quantitative estimate of drug-likeness (QED) is 0.839. The van der Waals surface area contributed by atoms with Gasteiger partial charge in [-0.25, -0.2) is 4.79 Å². The number of carbonyl (C=O) groups excluding carboxylic acids is 2. The average Bonchev–Trinajstić information content (AvgIpc) is 2.98. The Labute approximate surface area is 135 Å². The van der Waals surface area contributed by atoms with E-state index in [9.17, 15) is 9.59 Å². The average molecular weight is 324 g/mol. The molecule has 22 heavy (non-hydrogen) atoms. The van der Waals surface area contributed by atoms with Gasteiger partial charge in [-0.15, -0.1) is 0 Å². The first-order chi connectivity index (χ1) is 10.3. The van der Waals surface area contributed by atoms with Crippen molar-refractivity contribution in [1.82, 2.24) is 9.80 Å². The number of rotatable bonds is 2. The van der Waals surface area contributed by atoms with Crippen molar-refractivity contribution in [3.05, 3.63) is 22.4 Å². The normalized spacial score (nSPS) is 18.9. The predicted octanol–water partition coefficient (Wildman–Crippen LogP) is 3.22. The molecule has 5 nitrogen and oxygen atoms in total. The molecule has 0 bridgehead atoms. The molecule has 1 aliphatic rings. The molecule has 1 aromatic heterocycles. The maximum atomic E-state index is 12.4. The highest BCUT2D eigenvalue weighted by Crippen LogP contribution is 2.20. The minimum atomic E-state index is -0.508. The van der Waals surface area contributed by atoms with Gasteiger partial charge >= 0.3 is 6.09 Å². The molecule has 1 aliphatic heterocycles. The van der Waals surface area contributed by atoms with Crippen LogP contribution in [0.4, 0.5) is 4.79 Å². The third-order valence-electron chi connectivity index (χ3n) is 3.68. The number of hydrogen-bond donors (Lipinski definition) is 0. The van der Waals surface area contributed by atoms with Gasteiger partial charge in [0.25, 0.3) is 5.91 Å². The summed E-state index contributed by atoms with van der Waals surface area (Å²) in [6.07, 6.45) is 1.46. The summed E-state index contributed by atoms with van der Waals surface area (Å²) in [5.41, 5.74) is 0.220. The highest BCUT2D eigenvalue weighted by atomic mass is 32.1. The number of thiophene rings is 1. The van der Waals surface area contributed by atoms with Crippen molar-refractivity contribution >= 4 is 23.3 Å². The third kappa shape index (κ3) is 4.22. The first kappa shape index (κ1) is 16.8. The fourth-order valence-electron chi connectivity index (χ4n) is 2.51. The molecule has 1 aromatic rings. The largest absolute Gasteiger partial charge is 0.444 e. The highest BCUT2D eigenvalue weighted by molar-refractivity contribution is 7.08. The fourth-order valence-corrected chi connectivity index (χ4v) is 3.14. The van der Waals surface area contributed by atoms with Gasteiger partial charge in [-0.05, 0) is 45.1 Å². The molecule has 0 unspecified atom stereocenters. The minimum Gasteiger partial charge on any atom is -0.444 e. The van der Waals surface area contributed by atoms with Crippen LogP contribution in [0.15, 0.2) is 16.8 Å². The second-order valence-electron chi connectivity index (χ2n) is 6.65. The van der Waals surface area contributed by atoms with E-state index in [-0.39, 0.29) is 18.0 Å². The smallest absolute Gasteiger partial charge is 0.410 e. The molecular formula is C16H24N2O3S. The van der Waals surface area contributed by atoms with E-state index in [4.69, 9.17) is 4.74 Å². The first-order valence-electron chi connectivity index (χ1n) is 7.55. The summed E-state index contributed by atoms with van der Waals surface area (Å²) >= 11 is 1.52. The van der Waals surface area contributed by atoms with Crippen molar-refractivity contribution < 1.29 is 14.3 Å². The van der Waals surface area contributed by atoms with Crippen LogP contribution in [0.1, 0.15) is 44.0 Å². The Balaban J connectivity index is 1.98. The Morgan fingerprint density at radius 2 is 2.14 bits per heavy atom. The molecule has 0 saturated carbocycles. The van der Waals surface area contributed by atoms with Gasteiger partial charge in [-0.3, -0.25) is 4.79 Å². The summed E-state index contributed by atoms with van der Waals surface area (Å²) in [5, 5.41) is 3.77. The molecule has 1 saturated heterocycles. The van der Waals surface area contributed by atoms with Gasteiger partial charge < -0.3 is 14.5 Å². The number of hydrogen-bond acceptors (Lipinski definition) is 4. The van der Waals surface area contributed by atoms with Crippen LogP contribution in [0.5, 0.6) is 0 Å². The number of amides is 2. The number of carbonyl (C=O) groups is 2. The first-order valence-corrected chi connectivity index (χ1v) is 8.49. The molecule has 1 fully saturated rings. The number of piperidine rings is 1. The zero-order chi connectivity index (χ0) is 16.3.